The summed E-state index contributed by atoms with van der Waals surface area (Å²) in [4.78, 5) is 15.2. The highest BCUT2D eigenvalue weighted by Gasteiger charge is 2.19. The molecule has 11 rings (SSSR count). The Morgan fingerprint density at radius 1 is 0.373 bits per heavy atom. The number of furan rings is 2. The molecule has 11 aromatic rings. The number of hydrogen-bond acceptors (Lipinski definition) is 5. The second-order valence-corrected chi connectivity index (χ2v) is 12.8. The number of aromatic nitrogens is 4. The maximum absolute atomic E-state index is 6.71. The zero-order valence-corrected chi connectivity index (χ0v) is 27.1. The van der Waals surface area contributed by atoms with Gasteiger partial charge in [0.05, 0.1) is 11.0 Å². The minimum atomic E-state index is 0.561. The molecule has 0 saturated carbocycles. The first-order valence-electron chi connectivity index (χ1n) is 16.9. The van der Waals surface area contributed by atoms with E-state index in [1.165, 1.54) is 0 Å². The van der Waals surface area contributed by atoms with Gasteiger partial charge in [-0.05, 0) is 48.0 Å². The van der Waals surface area contributed by atoms with Gasteiger partial charge in [-0.15, -0.1) is 0 Å². The van der Waals surface area contributed by atoms with Crippen molar-refractivity contribution in [3.05, 3.63) is 158 Å². The summed E-state index contributed by atoms with van der Waals surface area (Å²) in [5.74, 6) is 1.73. The number of para-hydroxylation sites is 4. The lowest BCUT2D eigenvalue weighted by atomic mass is 10.00. The van der Waals surface area contributed by atoms with Crippen molar-refractivity contribution in [2.75, 3.05) is 0 Å². The molecule has 0 unspecified atom stereocenters. The molecule has 0 spiro atoms. The van der Waals surface area contributed by atoms with Gasteiger partial charge in [0.25, 0.3) is 0 Å². The maximum Gasteiger partial charge on any atom is 0.238 e. The molecule has 0 aliphatic carbocycles. The smallest absolute Gasteiger partial charge is 0.238 e. The summed E-state index contributed by atoms with van der Waals surface area (Å²) in [5.41, 5.74) is 9.29. The Morgan fingerprint density at radius 2 is 1.00 bits per heavy atom. The van der Waals surface area contributed by atoms with Gasteiger partial charge in [-0.2, -0.15) is 9.97 Å². The first-order chi connectivity index (χ1) is 25.3. The molecule has 4 heterocycles. The van der Waals surface area contributed by atoms with Crippen LogP contribution in [0.5, 0.6) is 0 Å². The highest BCUT2D eigenvalue weighted by Crippen LogP contribution is 2.40. The highest BCUT2D eigenvalue weighted by atomic mass is 16.3. The fourth-order valence-corrected chi connectivity index (χ4v) is 7.51. The van der Waals surface area contributed by atoms with Crippen molar-refractivity contribution in [2.45, 2.75) is 0 Å². The molecule has 0 aliphatic rings. The maximum atomic E-state index is 6.71. The van der Waals surface area contributed by atoms with Crippen molar-refractivity contribution < 1.29 is 8.83 Å². The third-order valence-corrected chi connectivity index (χ3v) is 9.88. The van der Waals surface area contributed by atoms with Crippen LogP contribution >= 0.6 is 0 Å². The van der Waals surface area contributed by atoms with E-state index in [2.05, 4.69) is 102 Å². The lowest BCUT2D eigenvalue weighted by molar-refractivity contribution is 0.668. The molecule has 0 aliphatic heterocycles. The molecular weight excluding hydrogens is 629 g/mol. The molecule has 0 bridgehead atoms. The molecule has 4 aromatic heterocycles. The average molecular weight is 655 g/mol. The third kappa shape index (κ3) is 4.26. The van der Waals surface area contributed by atoms with Gasteiger partial charge in [-0.3, -0.25) is 4.57 Å². The molecule has 51 heavy (non-hydrogen) atoms. The minimum absolute atomic E-state index is 0.561. The number of fused-ring (bicyclic) bond motifs is 9. The van der Waals surface area contributed by atoms with Crippen LogP contribution in [0.25, 0.3) is 106 Å². The largest absolute Gasteiger partial charge is 0.456 e. The van der Waals surface area contributed by atoms with Crippen molar-refractivity contribution in [3.8, 4) is 39.9 Å². The lowest BCUT2D eigenvalue weighted by Crippen LogP contribution is -2.06. The van der Waals surface area contributed by atoms with Crippen LogP contribution in [0.3, 0.4) is 0 Å². The predicted molar refractivity (Wildman–Crippen MR) is 205 cm³/mol. The summed E-state index contributed by atoms with van der Waals surface area (Å²) < 4.78 is 15.0. The molecule has 0 N–H and O–H groups in total. The van der Waals surface area contributed by atoms with E-state index in [0.29, 0.717) is 17.6 Å². The van der Waals surface area contributed by atoms with Gasteiger partial charge in [0.1, 0.15) is 22.3 Å². The summed E-state index contributed by atoms with van der Waals surface area (Å²) in [6, 6.07) is 53.9. The van der Waals surface area contributed by atoms with Crippen LogP contribution in [0.2, 0.25) is 0 Å². The van der Waals surface area contributed by atoms with E-state index < -0.39 is 0 Å². The summed E-state index contributed by atoms with van der Waals surface area (Å²) in [5, 5.41) is 6.57. The van der Waals surface area contributed by atoms with Gasteiger partial charge in [-0.1, -0.05) is 115 Å². The molecule has 7 aromatic carbocycles. The fraction of sp³-hybridized carbons (Fsp3) is 0. The van der Waals surface area contributed by atoms with Crippen LogP contribution in [0.1, 0.15) is 0 Å². The minimum Gasteiger partial charge on any atom is -0.456 e. The number of rotatable bonds is 4. The molecule has 0 radical (unpaired) electrons. The van der Waals surface area contributed by atoms with Crippen LogP contribution in [0, 0.1) is 0 Å². The molecule has 6 heteroatoms. The van der Waals surface area contributed by atoms with E-state index >= 15 is 0 Å². The van der Waals surface area contributed by atoms with Gasteiger partial charge in [-0.25, -0.2) is 4.98 Å². The van der Waals surface area contributed by atoms with Crippen LogP contribution in [-0.4, -0.2) is 19.5 Å². The van der Waals surface area contributed by atoms with Crippen molar-refractivity contribution in [3.63, 3.8) is 0 Å². The SMILES string of the molecule is c1ccc(-c2nc(-c3ccc4c(c3)oc3c(-c5ccc6oc7ccccc7c6c5)cccc34)nc(-n3c4ccccc4c4ccccc43)n2)cc1. The quantitative estimate of drug-likeness (QED) is 0.189. The first kappa shape index (κ1) is 27.9. The van der Waals surface area contributed by atoms with E-state index in [0.717, 1.165) is 87.9 Å². The van der Waals surface area contributed by atoms with E-state index in [1.807, 2.05) is 60.7 Å². The molecule has 238 valence electrons. The monoisotopic (exact) mass is 654 g/mol. The van der Waals surface area contributed by atoms with Crippen LogP contribution in [-0.2, 0) is 0 Å². The number of nitrogens with zero attached hydrogens (tertiary/aromatic N) is 4. The molecular formula is C45H26N4O2. The lowest BCUT2D eigenvalue weighted by Gasteiger charge is -2.10. The van der Waals surface area contributed by atoms with E-state index in [-0.39, 0.29) is 0 Å². The molecule has 0 fully saturated rings. The van der Waals surface area contributed by atoms with Gasteiger partial charge >= 0.3 is 0 Å². The van der Waals surface area contributed by atoms with Gasteiger partial charge in [0.2, 0.25) is 5.95 Å². The van der Waals surface area contributed by atoms with Crippen molar-refractivity contribution >= 4 is 65.7 Å². The van der Waals surface area contributed by atoms with E-state index in [9.17, 15) is 0 Å². The van der Waals surface area contributed by atoms with Gasteiger partial charge in [0, 0.05) is 49.0 Å². The Morgan fingerprint density at radius 3 is 1.80 bits per heavy atom. The Labute approximate surface area is 290 Å². The summed E-state index contributed by atoms with van der Waals surface area (Å²) >= 11 is 0. The van der Waals surface area contributed by atoms with Gasteiger partial charge in [0.15, 0.2) is 11.6 Å². The van der Waals surface area contributed by atoms with Crippen LogP contribution < -0.4 is 0 Å². The standard InChI is InChI=1S/C45H26N4O2/c1-2-11-27(12-3-1)43-46-44(48-45(47-43)49-37-18-7-4-13-31(37)32-14-5-8-19-38(32)49)29-21-23-34-35-17-10-16-30(42(35)51-41(34)26-29)28-22-24-40-36(25-28)33-15-6-9-20-39(33)50-40/h1-26H. The fourth-order valence-electron chi connectivity index (χ4n) is 7.51. The zero-order valence-electron chi connectivity index (χ0n) is 27.1. The van der Waals surface area contributed by atoms with E-state index in [4.69, 9.17) is 23.8 Å². The van der Waals surface area contributed by atoms with Crippen LogP contribution in [0.4, 0.5) is 0 Å². The topological polar surface area (TPSA) is 69.9 Å². The predicted octanol–water partition coefficient (Wildman–Crippen LogP) is 11.8. The number of benzene rings is 7. The van der Waals surface area contributed by atoms with E-state index in [1.54, 1.807) is 0 Å². The summed E-state index contributed by atoms with van der Waals surface area (Å²) in [6.45, 7) is 0. The Bertz CT molecular complexity index is 3100. The molecule has 6 nitrogen and oxygen atoms in total. The second-order valence-electron chi connectivity index (χ2n) is 12.8. The zero-order chi connectivity index (χ0) is 33.5. The highest BCUT2D eigenvalue weighted by molar-refractivity contribution is 6.12. The second kappa shape index (κ2) is 10.7. The Hall–Kier alpha value is -7.05. The molecule has 0 atom stereocenters. The van der Waals surface area contributed by atoms with Crippen molar-refractivity contribution in [2.24, 2.45) is 0 Å². The number of hydrogen-bond donors (Lipinski definition) is 0. The van der Waals surface area contributed by atoms with Gasteiger partial charge < -0.3 is 8.83 Å². The summed E-state index contributed by atoms with van der Waals surface area (Å²) in [6.07, 6.45) is 0. The Balaban J connectivity index is 1.10. The van der Waals surface area contributed by atoms with Crippen LogP contribution in [0.15, 0.2) is 167 Å². The first-order valence-corrected chi connectivity index (χ1v) is 16.9. The average Bonchev–Trinajstić information content (AvgIpc) is 3.87. The summed E-state index contributed by atoms with van der Waals surface area (Å²) in [7, 11) is 0. The van der Waals surface area contributed by atoms with Crippen molar-refractivity contribution in [1.82, 2.24) is 19.5 Å². The van der Waals surface area contributed by atoms with Crippen molar-refractivity contribution in [1.29, 1.82) is 0 Å². The normalized spacial score (nSPS) is 11.9. The Kier molecular flexibility index (Phi) is 5.86. The molecule has 0 saturated heterocycles. The molecule has 0 amide bonds. The third-order valence-electron chi connectivity index (χ3n) is 9.88.